The van der Waals surface area contributed by atoms with Crippen LogP contribution in [-0.4, -0.2) is 4.57 Å². The number of rotatable bonds is 1. The van der Waals surface area contributed by atoms with Gasteiger partial charge in [0.25, 0.3) is 0 Å². The van der Waals surface area contributed by atoms with Gasteiger partial charge in [-0.25, -0.2) is 0 Å². The molecule has 0 N–H and O–H groups in total. The van der Waals surface area contributed by atoms with Crippen LogP contribution in [-0.2, 0) is 0 Å². The molecule has 1 heteroatoms. The van der Waals surface area contributed by atoms with Gasteiger partial charge in [0.1, 0.15) is 0 Å². The fourth-order valence-corrected chi connectivity index (χ4v) is 4.44. The number of nitrogens with zero attached hydrogens (tertiary/aromatic N) is 1. The number of para-hydroxylation sites is 1. The molecule has 1 aromatic heterocycles. The van der Waals surface area contributed by atoms with Gasteiger partial charge < -0.3 is 4.57 Å². The van der Waals surface area contributed by atoms with Crippen molar-refractivity contribution in [2.24, 2.45) is 0 Å². The summed E-state index contributed by atoms with van der Waals surface area (Å²) in [5.41, 5.74) is 4.99. The average Bonchev–Trinajstić information content (AvgIpc) is 3.06. The van der Waals surface area contributed by atoms with Gasteiger partial charge in [-0.05, 0) is 58.8 Å². The molecule has 0 amide bonds. The number of fused-ring (bicyclic) bond motifs is 6. The van der Waals surface area contributed by atoms with Gasteiger partial charge in [0.05, 0.1) is 11.0 Å². The molecule has 6 aromatic rings. The molecule has 0 aliphatic rings. The van der Waals surface area contributed by atoms with E-state index in [1.54, 1.807) is 0 Å². The Morgan fingerprint density at radius 2 is 1.21 bits per heavy atom. The van der Waals surface area contributed by atoms with Crippen LogP contribution in [0.2, 0.25) is 0 Å². The first-order chi connectivity index (χ1) is 13.8. The third-order valence-corrected chi connectivity index (χ3v) is 5.83. The highest BCUT2D eigenvalue weighted by Crippen LogP contribution is 2.36. The highest BCUT2D eigenvalue weighted by molar-refractivity contribution is 6.18. The Hall–Kier alpha value is -3.58. The topological polar surface area (TPSA) is 4.93 Å². The van der Waals surface area contributed by atoms with Crippen LogP contribution in [0.15, 0.2) is 97.1 Å². The van der Waals surface area contributed by atoms with Gasteiger partial charge in [0, 0.05) is 16.5 Å². The molecular formula is C27H19N. The molecular weight excluding hydrogens is 338 g/mol. The van der Waals surface area contributed by atoms with E-state index in [0.29, 0.717) is 0 Å². The molecule has 0 saturated carbocycles. The molecule has 0 bridgehead atoms. The first-order valence-corrected chi connectivity index (χ1v) is 9.71. The maximum atomic E-state index is 2.39. The van der Waals surface area contributed by atoms with Gasteiger partial charge in [-0.3, -0.25) is 0 Å². The van der Waals surface area contributed by atoms with Crippen LogP contribution in [0.4, 0.5) is 0 Å². The van der Waals surface area contributed by atoms with E-state index in [0.717, 1.165) is 0 Å². The SMILES string of the molecule is Cc1ccc(-n2c3ccccc3c3cc4c(ccc5ccccc54)cc32)cc1. The largest absolute Gasteiger partial charge is 0.309 e. The fourth-order valence-electron chi connectivity index (χ4n) is 4.44. The lowest BCUT2D eigenvalue weighted by atomic mass is 10.00. The molecule has 6 rings (SSSR count). The van der Waals surface area contributed by atoms with Crippen molar-refractivity contribution in [1.82, 2.24) is 4.57 Å². The standard InChI is InChI=1S/C27H19N/c1-18-10-14-21(15-11-18)28-26-9-5-4-8-23(26)25-17-24-20(16-27(25)28)13-12-19-6-2-3-7-22(19)24/h2-17H,1H3. The van der Waals surface area contributed by atoms with Crippen LogP contribution in [0.1, 0.15) is 5.56 Å². The molecule has 132 valence electrons. The summed E-state index contributed by atoms with van der Waals surface area (Å²) in [5, 5.41) is 7.80. The quantitative estimate of drug-likeness (QED) is 0.270. The van der Waals surface area contributed by atoms with E-state index in [-0.39, 0.29) is 0 Å². The summed E-state index contributed by atoms with van der Waals surface area (Å²) >= 11 is 0. The van der Waals surface area contributed by atoms with Crippen molar-refractivity contribution in [2.45, 2.75) is 6.92 Å². The highest BCUT2D eigenvalue weighted by atomic mass is 15.0. The third-order valence-electron chi connectivity index (χ3n) is 5.83. The maximum Gasteiger partial charge on any atom is 0.0547 e. The number of benzene rings is 5. The Labute approximate surface area is 163 Å². The van der Waals surface area contributed by atoms with Gasteiger partial charge in [-0.1, -0.05) is 72.3 Å². The van der Waals surface area contributed by atoms with Gasteiger partial charge >= 0.3 is 0 Å². The van der Waals surface area contributed by atoms with Crippen molar-refractivity contribution in [3.63, 3.8) is 0 Å². The monoisotopic (exact) mass is 357 g/mol. The van der Waals surface area contributed by atoms with Crippen molar-refractivity contribution < 1.29 is 0 Å². The minimum atomic E-state index is 1.21. The molecule has 0 spiro atoms. The molecule has 1 nitrogen and oxygen atoms in total. The Morgan fingerprint density at radius 3 is 2.07 bits per heavy atom. The molecule has 1 heterocycles. The van der Waals surface area contributed by atoms with Crippen molar-refractivity contribution in [1.29, 1.82) is 0 Å². The van der Waals surface area contributed by atoms with E-state index >= 15 is 0 Å². The van der Waals surface area contributed by atoms with E-state index in [4.69, 9.17) is 0 Å². The van der Waals surface area contributed by atoms with Crippen LogP contribution >= 0.6 is 0 Å². The van der Waals surface area contributed by atoms with E-state index < -0.39 is 0 Å². The summed E-state index contributed by atoms with van der Waals surface area (Å²) in [6.07, 6.45) is 0. The molecule has 0 aliphatic carbocycles. The number of aryl methyl sites for hydroxylation is 1. The Bertz CT molecular complexity index is 1500. The summed E-state index contributed by atoms with van der Waals surface area (Å²) in [5.74, 6) is 0. The Morgan fingerprint density at radius 1 is 0.500 bits per heavy atom. The van der Waals surface area contributed by atoms with Crippen molar-refractivity contribution in [2.75, 3.05) is 0 Å². The number of hydrogen-bond acceptors (Lipinski definition) is 0. The third kappa shape index (κ3) is 2.13. The van der Waals surface area contributed by atoms with Gasteiger partial charge in [0.15, 0.2) is 0 Å². The van der Waals surface area contributed by atoms with Gasteiger partial charge in [-0.2, -0.15) is 0 Å². The lowest BCUT2D eigenvalue weighted by molar-refractivity contribution is 1.18. The van der Waals surface area contributed by atoms with Gasteiger partial charge in [-0.15, -0.1) is 0 Å². The van der Waals surface area contributed by atoms with Crippen molar-refractivity contribution >= 4 is 43.4 Å². The highest BCUT2D eigenvalue weighted by Gasteiger charge is 2.13. The van der Waals surface area contributed by atoms with Crippen LogP contribution in [0, 0.1) is 6.92 Å². The molecule has 0 aliphatic heterocycles. The first kappa shape index (κ1) is 15.5. The second-order valence-corrected chi connectivity index (χ2v) is 7.57. The molecule has 28 heavy (non-hydrogen) atoms. The summed E-state index contributed by atoms with van der Waals surface area (Å²) < 4.78 is 2.39. The van der Waals surface area contributed by atoms with Crippen molar-refractivity contribution in [3.05, 3.63) is 103 Å². The molecule has 0 unspecified atom stereocenters. The second-order valence-electron chi connectivity index (χ2n) is 7.57. The van der Waals surface area contributed by atoms with Crippen molar-refractivity contribution in [3.8, 4) is 5.69 Å². The molecule has 0 atom stereocenters. The first-order valence-electron chi connectivity index (χ1n) is 9.71. The molecule has 0 saturated heterocycles. The average molecular weight is 357 g/mol. The predicted octanol–water partition coefficient (Wildman–Crippen LogP) is 7.40. The van der Waals surface area contributed by atoms with E-state index in [1.807, 2.05) is 0 Å². The number of hydrogen-bond donors (Lipinski definition) is 0. The normalized spacial score (nSPS) is 11.8. The molecule has 0 radical (unpaired) electrons. The van der Waals surface area contributed by atoms with E-state index in [2.05, 4.69) is 109 Å². The van der Waals surface area contributed by atoms with Crippen LogP contribution in [0.5, 0.6) is 0 Å². The molecule has 0 fully saturated rings. The van der Waals surface area contributed by atoms with Crippen LogP contribution < -0.4 is 0 Å². The van der Waals surface area contributed by atoms with E-state index in [9.17, 15) is 0 Å². The summed E-state index contributed by atoms with van der Waals surface area (Å²) in [6.45, 7) is 2.13. The smallest absolute Gasteiger partial charge is 0.0547 e. The zero-order chi connectivity index (χ0) is 18.7. The maximum absolute atomic E-state index is 2.39. The van der Waals surface area contributed by atoms with Gasteiger partial charge in [0.2, 0.25) is 0 Å². The Balaban J connectivity index is 1.81. The second kappa shape index (κ2) is 5.71. The number of aromatic nitrogens is 1. The zero-order valence-electron chi connectivity index (χ0n) is 15.7. The predicted molar refractivity (Wildman–Crippen MR) is 121 cm³/mol. The van der Waals surface area contributed by atoms with Crippen LogP contribution in [0.25, 0.3) is 49.0 Å². The van der Waals surface area contributed by atoms with E-state index in [1.165, 1.54) is 54.6 Å². The minimum Gasteiger partial charge on any atom is -0.309 e. The zero-order valence-corrected chi connectivity index (χ0v) is 15.7. The summed E-state index contributed by atoms with van der Waals surface area (Å²) in [4.78, 5) is 0. The molecule has 5 aromatic carbocycles. The summed E-state index contributed by atoms with van der Waals surface area (Å²) in [6, 6.07) is 35.3. The fraction of sp³-hybridized carbons (Fsp3) is 0.0370. The minimum absolute atomic E-state index is 1.21. The Kier molecular flexibility index (Phi) is 3.15. The lowest BCUT2D eigenvalue weighted by Gasteiger charge is -2.09. The summed E-state index contributed by atoms with van der Waals surface area (Å²) in [7, 11) is 0. The van der Waals surface area contributed by atoms with Crippen LogP contribution in [0.3, 0.4) is 0 Å². The lowest BCUT2D eigenvalue weighted by Crippen LogP contribution is -1.93.